The van der Waals surface area contributed by atoms with Gasteiger partial charge in [-0.05, 0) is 54.9 Å². The third-order valence-electron chi connectivity index (χ3n) is 5.66. The molecule has 2 amide bonds. The fourth-order valence-corrected chi connectivity index (χ4v) is 3.90. The van der Waals surface area contributed by atoms with Gasteiger partial charge in [0.05, 0.1) is 23.7 Å². The molecule has 0 aromatic heterocycles. The second-order valence-corrected chi connectivity index (χ2v) is 8.50. The van der Waals surface area contributed by atoms with Crippen molar-refractivity contribution < 1.29 is 23.9 Å². The fourth-order valence-electron chi connectivity index (χ4n) is 3.77. The molecule has 1 unspecified atom stereocenters. The lowest BCUT2D eigenvalue weighted by Gasteiger charge is -2.16. The number of rotatable bonds is 9. The van der Waals surface area contributed by atoms with Crippen LogP contribution in [0.25, 0.3) is 0 Å². The molecule has 0 radical (unpaired) electrons. The highest BCUT2D eigenvalue weighted by Crippen LogP contribution is 2.23. The topological polar surface area (TPSA) is 92.8 Å². The molecule has 1 saturated heterocycles. The molecule has 8 heteroatoms. The van der Waals surface area contributed by atoms with Crippen molar-refractivity contribution >= 4 is 40.9 Å². The minimum absolute atomic E-state index is 0.0604. The number of nitrogens with zero attached hydrogens (tertiary/aromatic N) is 1. The molecule has 0 aliphatic carbocycles. The summed E-state index contributed by atoms with van der Waals surface area (Å²) in [6.45, 7) is 0.155. The van der Waals surface area contributed by atoms with Gasteiger partial charge in [0.15, 0.2) is 12.4 Å². The predicted molar refractivity (Wildman–Crippen MR) is 132 cm³/mol. The number of ketones is 1. The average Bonchev–Trinajstić information content (AvgIpc) is 3.16. The van der Waals surface area contributed by atoms with E-state index in [1.165, 1.54) is 24.3 Å². The van der Waals surface area contributed by atoms with Crippen LogP contribution in [0.5, 0.6) is 0 Å². The normalized spacial score (nSPS) is 15.3. The van der Waals surface area contributed by atoms with Gasteiger partial charge in [-0.15, -0.1) is 0 Å². The van der Waals surface area contributed by atoms with E-state index >= 15 is 0 Å². The van der Waals surface area contributed by atoms with Gasteiger partial charge in [0.2, 0.25) is 5.91 Å². The van der Waals surface area contributed by atoms with Crippen LogP contribution in [0.1, 0.15) is 32.7 Å². The summed E-state index contributed by atoms with van der Waals surface area (Å²) in [5.74, 6) is -1.63. The zero-order chi connectivity index (χ0) is 24.8. The number of benzene rings is 3. The molecule has 178 valence electrons. The molecule has 1 aliphatic heterocycles. The summed E-state index contributed by atoms with van der Waals surface area (Å²) in [5, 5.41) is 3.80. The van der Waals surface area contributed by atoms with E-state index in [2.05, 4.69) is 5.32 Å². The summed E-state index contributed by atoms with van der Waals surface area (Å²) in [6, 6.07) is 21.4. The Balaban J connectivity index is 1.31. The number of anilines is 1. The number of carbonyl (C=O) groups is 4. The summed E-state index contributed by atoms with van der Waals surface area (Å²) in [7, 11) is 0. The van der Waals surface area contributed by atoms with E-state index in [1.807, 2.05) is 24.3 Å². The van der Waals surface area contributed by atoms with Crippen LogP contribution in [0.2, 0.25) is 5.02 Å². The van der Waals surface area contributed by atoms with Crippen LogP contribution in [0.15, 0.2) is 78.9 Å². The van der Waals surface area contributed by atoms with E-state index in [1.54, 1.807) is 30.3 Å². The maximum absolute atomic E-state index is 12.8. The van der Waals surface area contributed by atoms with Crippen LogP contribution in [0.4, 0.5) is 5.69 Å². The van der Waals surface area contributed by atoms with E-state index in [4.69, 9.17) is 16.3 Å². The maximum Gasteiger partial charge on any atom is 0.338 e. The number of ether oxygens (including phenoxy) is 1. The molecule has 4 rings (SSSR count). The number of hydrogen-bond donors (Lipinski definition) is 1. The van der Waals surface area contributed by atoms with Gasteiger partial charge in [-0.2, -0.15) is 0 Å². The SMILES string of the molecule is O=C(COC(=O)c1ccc(N2C(=O)CC(NCCc3ccc(Cl)cc3)C2=O)cc1)c1ccccc1. The summed E-state index contributed by atoms with van der Waals surface area (Å²) >= 11 is 5.89. The maximum atomic E-state index is 12.8. The molecular weight excluding hydrogens is 468 g/mol. The second kappa shape index (κ2) is 11.1. The van der Waals surface area contributed by atoms with E-state index < -0.39 is 12.0 Å². The minimum Gasteiger partial charge on any atom is -0.454 e. The third kappa shape index (κ3) is 6.01. The highest BCUT2D eigenvalue weighted by atomic mass is 35.5. The molecule has 0 spiro atoms. The van der Waals surface area contributed by atoms with Crippen molar-refractivity contribution in [2.45, 2.75) is 18.9 Å². The summed E-state index contributed by atoms with van der Waals surface area (Å²) < 4.78 is 5.10. The number of amides is 2. The zero-order valence-corrected chi connectivity index (χ0v) is 19.5. The van der Waals surface area contributed by atoms with Gasteiger partial charge < -0.3 is 10.1 Å². The van der Waals surface area contributed by atoms with Crippen LogP contribution < -0.4 is 10.2 Å². The molecule has 1 fully saturated rings. The molecule has 1 N–H and O–H groups in total. The van der Waals surface area contributed by atoms with E-state index in [-0.39, 0.29) is 36.2 Å². The monoisotopic (exact) mass is 490 g/mol. The lowest BCUT2D eigenvalue weighted by Crippen LogP contribution is -2.39. The average molecular weight is 491 g/mol. The number of nitrogens with one attached hydrogen (secondary N) is 1. The Labute approximate surface area is 207 Å². The van der Waals surface area contributed by atoms with E-state index in [0.717, 1.165) is 10.5 Å². The van der Waals surface area contributed by atoms with Gasteiger partial charge >= 0.3 is 5.97 Å². The molecule has 7 nitrogen and oxygen atoms in total. The van der Waals surface area contributed by atoms with Gasteiger partial charge in [-0.25, -0.2) is 9.69 Å². The van der Waals surface area contributed by atoms with Crippen molar-refractivity contribution in [3.05, 3.63) is 101 Å². The first-order valence-electron chi connectivity index (χ1n) is 11.1. The first kappa shape index (κ1) is 24.3. The highest BCUT2D eigenvalue weighted by Gasteiger charge is 2.39. The van der Waals surface area contributed by atoms with Crippen molar-refractivity contribution in [1.29, 1.82) is 0 Å². The van der Waals surface area contributed by atoms with Crippen LogP contribution in [-0.2, 0) is 20.7 Å². The van der Waals surface area contributed by atoms with Gasteiger partial charge in [-0.1, -0.05) is 54.1 Å². The highest BCUT2D eigenvalue weighted by molar-refractivity contribution is 6.30. The molecule has 0 saturated carbocycles. The quantitative estimate of drug-likeness (QED) is 0.278. The number of carbonyl (C=O) groups excluding carboxylic acids is 4. The van der Waals surface area contributed by atoms with Gasteiger partial charge in [0, 0.05) is 10.6 Å². The minimum atomic E-state index is -0.665. The van der Waals surface area contributed by atoms with E-state index in [9.17, 15) is 19.2 Å². The summed E-state index contributed by atoms with van der Waals surface area (Å²) in [5.41, 5.74) is 2.12. The number of imide groups is 1. The Morgan fingerprint density at radius 1 is 0.914 bits per heavy atom. The third-order valence-corrected chi connectivity index (χ3v) is 5.91. The number of esters is 1. The van der Waals surface area contributed by atoms with Gasteiger partial charge in [0.25, 0.3) is 5.91 Å². The Morgan fingerprint density at radius 3 is 2.29 bits per heavy atom. The fraction of sp³-hybridized carbons (Fsp3) is 0.185. The van der Waals surface area contributed by atoms with Gasteiger partial charge in [-0.3, -0.25) is 14.4 Å². The Bertz CT molecular complexity index is 1230. The summed E-state index contributed by atoms with van der Waals surface area (Å²) in [6.07, 6.45) is 0.754. The number of Topliss-reactive ketones (excluding diaryl/α,β-unsaturated/α-hetero) is 1. The second-order valence-electron chi connectivity index (χ2n) is 8.07. The van der Waals surface area contributed by atoms with Crippen LogP contribution in [0, 0.1) is 0 Å². The van der Waals surface area contributed by atoms with Crippen LogP contribution in [-0.4, -0.2) is 42.8 Å². The van der Waals surface area contributed by atoms with Gasteiger partial charge in [0.1, 0.15) is 0 Å². The smallest absolute Gasteiger partial charge is 0.338 e. The number of halogens is 1. The lowest BCUT2D eigenvalue weighted by atomic mass is 10.1. The molecule has 3 aromatic rings. The Hall–Kier alpha value is -3.81. The lowest BCUT2D eigenvalue weighted by molar-refractivity contribution is -0.121. The van der Waals surface area contributed by atoms with Crippen molar-refractivity contribution in [1.82, 2.24) is 5.32 Å². The molecule has 1 aliphatic rings. The molecular formula is C27H23ClN2O5. The van der Waals surface area contributed by atoms with Crippen LogP contribution >= 0.6 is 11.6 Å². The van der Waals surface area contributed by atoms with Crippen molar-refractivity contribution in [3.8, 4) is 0 Å². The largest absolute Gasteiger partial charge is 0.454 e. The molecule has 1 heterocycles. The molecule has 0 bridgehead atoms. The first-order chi connectivity index (χ1) is 16.9. The van der Waals surface area contributed by atoms with Crippen molar-refractivity contribution in [3.63, 3.8) is 0 Å². The Morgan fingerprint density at radius 2 is 1.60 bits per heavy atom. The molecule has 3 aromatic carbocycles. The van der Waals surface area contributed by atoms with Crippen LogP contribution in [0.3, 0.4) is 0 Å². The predicted octanol–water partition coefficient (Wildman–Crippen LogP) is 3.84. The van der Waals surface area contributed by atoms with E-state index in [0.29, 0.717) is 29.2 Å². The summed E-state index contributed by atoms with van der Waals surface area (Å²) in [4.78, 5) is 50.9. The standard InChI is InChI=1S/C27H23ClN2O5/c28-21-10-6-18(7-11-21)14-15-29-23-16-25(32)30(26(23)33)22-12-8-20(9-13-22)27(34)35-17-24(31)19-4-2-1-3-5-19/h1-13,23,29H,14-17H2. The molecule has 35 heavy (non-hydrogen) atoms. The van der Waals surface area contributed by atoms with Crippen molar-refractivity contribution in [2.75, 3.05) is 18.1 Å². The number of hydrogen-bond acceptors (Lipinski definition) is 6. The first-order valence-corrected chi connectivity index (χ1v) is 11.5. The Kier molecular flexibility index (Phi) is 7.70. The van der Waals surface area contributed by atoms with Crippen molar-refractivity contribution in [2.24, 2.45) is 0 Å². The zero-order valence-electron chi connectivity index (χ0n) is 18.8. The molecule has 1 atom stereocenters.